The number of amides is 1. The zero-order chi connectivity index (χ0) is 21.6. The molecule has 0 atom stereocenters. The van der Waals surface area contributed by atoms with Gasteiger partial charge in [-0.25, -0.2) is 0 Å². The van der Waals surface area contributed by atoms with E-state index in [1.807, 2.05) is 41.3 Å². The Morgan fingerprint density at radius 3 is 2.35 bits per heavy atom. The van der Waals surface area contributed by atoms with Crippen LogP contribution in [0.2, 0.25) is 0 Å². The van der Waals surface area contributed by atoms with E-state index < -0.39 is 0 Å². The number of hydrogen-bond donors (Lipinski definition) is 0. The van der Waals surface area contributed by atoms with Crippen LogP contribution in [0.25, 0.3) is 0 Å². The number of piperazine rings is 1. The molecule has 5 heteroatoms. The summed E-state index contributed by atoms with van der Waals surface area (Å²) in [7, 11) is 0. The monoisotopic (exact) mass is 420 g/mol. The predicted octanol–water partition coefficient (Wildman–Crippen LogP) is 4.49. The van der Waals surface area contributed by atoms with Gasteiger partial charge in [0.2, 0.25) is 5.91 Å². The molecular weight excluding hydrogens is 388 g/mol. The van der Waals surface area contributed by atoms with Crippen LogP contribution < -0.4 is 9.64 Å². The van der Waals surface area contributed by atoms with Crippen LogP contribution in [0.15, 0.2) is 48.5 Å². The van der Waals surface area contributed by atoms with Crippen molar-refractivity contribution in [3.8, 4) is 5.75 Å². The van der Waals surface area contributed by atoms with Gasteiger partial charge in [-0.2, -0.15) is 0 Å². The number of nitrogens with zero attached hydrogens (tertiary/aromatic N) is 2. The minimum atomic E-state index is 0.0811. The lowest BCUT2D eigenvalue weighted by molar-refractivity contribution is -0.131. The van der Waals surface area contributed by atoms with E-state index in [1.165, 1.54) is 12.8 Å². The van der Waals surface area contributed by atoms with E-state index in [0.29, 0.717) is 12.5 Å². The molecule has 1 saturated carbocycles. The fourth-order valence-electron chi connectivity index (χ4n) is 4.50. The summed E-state index contributed by atoms with van der Waals surface area (Å²) >= 11 is 0. The Labute approximate surface area is 185 Å². The summed E-state index contributed by atoms with van der Waals surface area (Å²) in [6.45, 7) is 4.68. The first-order valence-corrected chi connectivity index (χ1v) is 11.5. The summed E-state index contributed by atoms with van der Waals surface area (Å²) < 4.78 is 6.09. The van der Waals surface area contributed by atoms with Gasteiger partial charge in [0.15, 0.2) is 5.78 Å². The quantitative estimate of drug-likeness (QED) is 0.619. The molecule has 0 unspecified atom stereocenters. The zero-order valence-corrected chi connectivity index (χ0v) is 18.4. The van der Waals surface area contributed by atoms with Crippen molar-refractivity contribution in [3.05, 3.63) is 59.7 Å². The topological polar surface area (TPSA) is 49.9 Å². The fourth-order valence-corrected chi connectivity index (χ4v) is 4.50. The first kappa shape index (κ1) is 21.4. The van der Waals surface area contributed by atoms with Crippen molar-refractivity contribution in [2.45, 2.75) is 51.6 Å². The van der Waals surface area contributed by atoms with E-state index in [2.05, 4.69) is 17.0 Å². The summed E-state index contributed by atoms with van der Waals surface area (Å²) in [4.78, 5) is 28.4. The van der Waals surface area contributed by atoms with Crippen LogP contribution in [0.5, 0.6) is 5.75 Å². The summed E-state index contributed by atoms with van der Waals surface area (Å²) in [5.41, 5.74) is 3.00. The Hall–Kier alpha value is -2.82. The molecule has 5 nitrogen and oxygen atoms in total. The molecule has 0 bridgehead atoms. The molecule has 0 radical (unpaired) electrons. The van der Waals surface area contributed by atoms with Gasteiger partial charge in [0.1, 0.15) is 5.75 Å². The second-order valence-electron chi connectivity index (χ2n) is 8.64. The summed E-state index contributed by atoms with van der Waals surface area (Å²) in [5, 5.41) is 0. The molecule has 2 fully saturated rings. The molecular formula is C26H32N2O3. The molecule has 1 heterocycles. The van der Waals surface area contributed by atoms with Crippen molar-refractivity contribution in [2.75, 3.05) is 31.1 Å². The van der Waals surface area contributed by atoms with E-state index in [0.717, 1.165) is 68.0 Å². The molecule has 31 heavy (non-hydrogen) atoms. The van der Waals surface area contributed by atoms with Gasteiger partial charge in [0.25, 0.3) is 0 Å². The highest BCUT2D eigenvalue weighted by atomic mass is 16.5. The average molecular weight is 421 g/mol. The Morgan fingerprint density at radius 2 is 1.68 bits per heavy atom. The summed E-state index contributed by atoms with van der Waals surface area (Å²) in [6, 6.07) is 16.0. The highest BCUT2D eigenvalue weighted by Crippen LogP contribution is 2.25. The first-order valence-electron chi connectivity index (χ1n) is 11.5. The maximum absolute atomic E-state index is 12.7. The number of carbonyl (C=O) groups excluding carboxylic acids is 2. The molecule has 0 aromatic heterocycles. The Morgan fingerprint density at radius 1 is 0.968 bits per heavy atom. The van der Waals surface area contributed by atoms with E-state index in [-0.39, 0.29) is 11.7 Å². The Bertz CT molecular complexity index is 895. The molecule has 4 rings (SSSR count). The van der Waals surface area contributed by atoms with Crippen LogP contribution in [0.1, 0.15) is 54.9 Å². The van der Waals surface area contributed by atoms with Crippen LogP contribution in [-0.2, 0) is 11.2 Å². The summed E-state index contributed by atoms with van der Waals surface area (Å²) in [5.74, 6) is 1.23. The molecule has 2 aliphatic rings. The zero-order valence-electron chi connectivity index (χ0n) is 18.4. The minimum absolute atomic E-state index is 0.0811. The van der Waals surface area contributed by atoms with Crippen molar-refractivity contribution in [1.29, 1.82) is 0 Å². The average Bonchev–Trinajstić information content (AvgIpc) is 3.31. The van der Waals surface area contributed by atoms with Gasteiger partial charge >= 0.3 is 0 Å². The molecule has 1 amide bonds. The number of benzene rings is 2. The number of carbonyl (C=O) groups is 2. The van der Waals surface area contributed by atoms with Crippen LogP contribution in [-0.4, -0.2) is 48.9 Å². The third kappa shape index (κ3) is 5.66. The smallest absolute Gasteiger partial charge is 0.223 e. The normalized spacial score (nSPS) is 17.1. The van der Waals surface area contributed by atoms with Gasteiger partial charge in [-0.1, -0.05) is 12.1 Å². The van der Waals surface area contributed by atoms with Gasteiger partial charge < -0.3 is 14.5 Å². The Kier molecular flexibility index (Phi) is 6.90. The molecule has 1 aliphatic carbocycles. The third-order valence-electron chi connectivity index (χ3n) is 6.40. The van der Waals surface area contributed by atoms with E-state index in [9.17, 15) is 9.59 Å². The van der Waals surface area contributed by atoms with E-state index in [1.54, 1.807) is 6.92 Å². The molecule has 2 aromatic carbocycles. The molecule has 0 N–H and O–H groups in total. The first-order chi connectivity index (χ1) is 15.1. The van der Waals surface area contributed by atoms with Crippen LogP contribution in [0, 0.1) is 0 Å². The highest BCUT2D eigenvalue weighted by molar-refractivity contribution is 5.94. The molecule has 2 aromatic rings. The van der Waals surface area contributed by atoms with Crippen molar-refractivity contribution in [2.24, 2.45) is 0 Å². The second-order valence-corrected chi connectivity index (χ2v) is 8.64. The fraction of sp³-hybridized carbons (Fsp3) is 0.462. The maximum atomic E-state index is 12.7. The standard InChI is InChI=1S/C26H32N2O3/c1-20(29)22-10-12-23(13-11-22)27-15-17-28(18-16-27)26(30)14-9-21-5-4-8-25(19-21)31-24-6-2-3-7-24/h4-5,8,10-13,19,24H,2-3,6-7,9,14-18H2,1H3. The van der Waals surface area contributed by atoms with Gasteiger partial charge in [-0.15, -0.1) is 0 Å². The Balaban J connectivity index is 1.24. The van der Waals surface area contributed by atoms with Crippen LogP contribution in [0.3, 0.4) is 0 Å². The van der Waals surface area contributed by atoms with E-state index in [4.69, 9.17) is 4.74 Å². The van der Waals surface area contributed by atoms with E-state index >= 15 is 0 Å². The number of rotatable bonds is 7. The van der Waals surface area contributed by atoms with Crippen molar-refractivity contribution >= 4 is 17.4 Å². The minimum Gasteiger partial charge on any atom is -0.490 e. The number of aryl methyl sites for hydroxylation is 1. The molecule has 1 saturated heterocycles. The van der Waals surface area contributed by atoms with Crippen molar-refractivity contribution < 1.29 is 14.3 Å². The van der Waals surface area contributed by atoms with Gasteiger partial charge in [-0.05, 0) is 81.0 Å². The largest absolute Gasteiger partial charge is 0.490 e. The summed E-state index contributed by atoms with van der Waals surface area (Å²) in [6.07, 6.45) is 6.44. The van der Waals surface area contributed by atoms with Gasteiger partial charge in [0, 0.05) is 43.9 Å². The lowest BCUT2D eigenvalue weighted by Crippen LogP contribution is -2.48. The number of Topliss-reactive ketones (excluding diaryl/α,β-unsaturated/α-hetero) is 1. The number of hydrogen-bond acceptors (Lipinski definition) is 4. The van der Waals surface area contributed by atoms with Crippen molar-refractivity contribution in [1.82, 2.24) is 4.90 Å². The van der Waals surface area contributed by atoms with Crippen LogP contribution in [0.4, 0.5) is 5.69 Å². The SMILES string of the molecule is CC(=O)c1ccc(N2CCN(C(=O)CCc3cccc(OC4CCCC4)c3)CC2)cc1. The number of ketones is 1. The number of anilines is 1. The lowest BCUT2D eigenvalue weighted by Gasteiger charge is -2.36. The predicted molar refractivity (Wildman–Crippen MR) is 123 cm³/mol. The van der Waals surface area contributed by atoms with Gasteiger partial charge in [-0.3, -0.25) is 9.59 Å². The second kappa shape index (κ2) is 9.99. The lowest BCUT2D eigenvalue weighted by atomic mass is 10.1. The molecule has 164 valence electrons. The van der Waals surface area contributed by atoms with Crippen LogP contribution >= 0.6 is 0 Å². The molecule has 1 aliphatic heterocycles. The highest BCUT2D eigenvalue weighted by Gasteiger charge is 2.21. The molecule has 0 spiro atoms. The van der Waals surface area contributed by atoms with Crippen molar-refractivity contribution in [3.63, 3.8) is 0 Å². The number of ether oxygens (including phenoxy) is 1. The third-order valence-corrected chi connectivity index (χ3v) is 6.40. The van der Waals surface area contributed by atoms with Gasteiger partial charge in [0.05, 0.1) is 6.10 Å². The maximum Gasteiger partial charge on any atom is 0.223 e.